The van der Waals surface area contributed by atoms with Gasteiger partial charge in [0.1, 0.15) is 0 Å². The van der Waals surface area contributed by atoms with Gasteiger partial charge in [-0.3, -0.25) is 4.79 Å². The van der Waals surface area contributed by atoms with Crippen LogP contribution >= 0.6 is 0 Å². The maximum absolute atomic E-state index is 12.4. The molecule has 1 saturated heterocycles. The van der Waals surface area contributed by atoms with Gasteiger partial charge in [0.15, 0.2) is 0 Å². The second-order valence-electron chi connectivity index (χ2n) is 14.6. The van der Waals surface area contributed by atoms with E-state index in [-0.39, 0.29) is 33.9 Å². The second-order valence-corrected chi connectivity index (χ2v) is 14.6. The summed E-state index contributed by atoms with van der Waals surface area (Å²) in [6.45, 7) is 22.8. The first-order valence-electron chi connectivity index (χ1n) is 14.8. The van der Waals surface area contributed by atoms with Crippen molar-refractivity contribution in [2.24, 2.45) is 39.9 Å². The van der Waals surface area contributed by atoms with Crippen molar-refractivity contribution in [1.29, 1.82) is 0 Å². The number of aliphatic hydroxyl groups is 1. The molecule has 4 fully saturated rings. The molecule has 1 N–H and O–H groups in total. The normalized spacial score (nSPS) is 46.8. The quantitative estimate of drug-likeness (QED) is 0.290. The van der Waals surface area contributed by atoms with Gasteiger partial charge >= 0.3 is 5.97 Å². The van der Waals surface area contributed by atoms with E-state index in [0.717, 1.165) is 19.3 Å². The van der Waals surface area contributed by atoms with Crippen LogP contribution in [0.5, 0.6) is 0 Å². The molecule has 0 unspecified atom stereocenters. The Balaban J connectivity index is 1.62. The van der Waals surface area contributed by atoms with Crippen molar-refractivity contribution in [2.75, 3.05) is 6.61 Å². The number of hydrogen-bond acceptors (Lipinski definition) is 4. The molecule has 3 aliphatic carbocycles. The first kappa shape index (κ1) is 28.1. The van der Waals surface area contributed by atoms with E-state index >= 15 is 0 Å². The highest BCUT2D eigenvalue weighted by molar-refractivity contribution is 5.69. The van der Waals surface area contributed by atoms with Crippen molar-refractivity contribution in [3.63, 3.8) is 0 Å². The van der Waals surface area contributed by atoms with E-state index in [9.17, 15) is 9.90 Å². The zero-order valence-electron chi connectivity index (χ0n) is 24.5. The summed E-state index contributed by atoms with van der Waals surface area (Å²) >= 11 is 0. The number of carbonyl (C=O) groups excluding carboxylic acids is 1. The van der Waals surface area contributed by atoms with Gasteiger partial charge in [-0.05, 0) is 132 Å². The Bertz CT molecular complexity index is 859. The van der Waals surface area contributed by atoms with Crippen molar-refractivity contribution in [1.82, 2.24) is 0 Å². The minimum atomic E-state index is -0.787. The molecule has 3 saturated carbocycles. The fourth-order valence-corrected chi connectivity index (χ4v) is 10.2. The Hall–Kier alpha value is -0.870. The molecule has 0 amide bonds. The lowest BCUT2D eigenvalue weighted by molar-refractivity contribution is -0.188. The summed E-state index contributed by atoms with van der Waals surface area (Å²) in [5, 5.41) is 10.7. The number of ether oxygens (including phenoxy) is 2. The fourth-order valence-electron chi connectivity index (χ4n) is 10.2. The van der Waals surface area contributed by atoms with Crippen molar-refractivity contribution >= 4 is 5.97 Å². The molecule has 36 heavy (non-hydrogen) atoms. The molecule has 9 atom stereocenters. The largest absolute Gasteiger partial charge is 0.466 e. The van der Waals surface area contributed by atoms with Gasteiger partial charge in [0.25, 0.3) is 0 Å². The van der Waals surface area contributed by atoms with Crippen LogP contribution in [0.2, 0.25) is 0 Å². The molecule has 4 aliphatic rings. The van der Waals surface area contributed by atoms with E-state index < -0.39 is 5.60 Å². The Kier molecular flexibility index (Phi) is 7.35. The number of esters is 1. The van der Waals surface area contributed by atoms with E-state index in [0.29, 0.717) is 36.7 Å². The SMILES string of the molecule is C=C(C)[C@@H]1CC[C@]2(C)[C@H](CC[C@@H]3[C@@H]([C@]4(C)CC[C@H](C(C)(C)O)O4)CC[C@]32C)[C@@]1(C)CCC(=O)OCC. The van der Waals surface area contributed by atoms with Gasteiger partial charge in [-0.25, -0.2) is 0 Å². The zero-order chi connectivity index (χ0) is 26.7. The third-order valence-corrected chi connectivity index (χ3v) is 12.3. The number of fused-ring (bicyclic) bond motifs is 3. The average Bonchev–Trinajstić information content (AvgIpc) is 3.35. The Morgan fingerprint density at radius 2 is 1.67 bits per heavy atom. The van der Waals surface area contributed by atoms with Crippen LogP contribution in [0.25, 0.3) is 0 Å². The summed E-state index contributed by atoms with van der Waals surface area (Å²) in [5.74, 6) is 2.19. The second kappa shape index (κ2) is 9.40. The van der Waals surface area contributed by atoms with Crippen LogP contribution in [0.3, 0.4) is 0 Å². The molecule has 0 radical (unpaired) electrons. The fraction of sp³-hybridized carbons (Fsp3) is 0.906. The Morgan fingerprint density at radius 1 is 1.00 bits per heavy atom. The molecule has 4 rings (SSSR count). The zero-order valence-corrected chi connectivity index (χ0v) is 24.5. The van der Waals surface area contributed by atoms with Gasteiger partial charge in [0.05, 0.1) is 23.9 Å². The minimum absolute atomic E-state index is 0.0556. The summed E-state index contributed by atoms with van der Waals surface area (Å²) in [4.78, 5) is 12.4. The lowest BCUT2D eigenvalue weighted by atomic mass is 9.38. The molecular formula is C32H54O4. The van der Waals surface area contributed by atoms with Gasteiger partial charge in [-0.2, -0.15) is 0 Å². The molecular weight excluding hydrogens is 448 g/mol. The molecule has 0 aromatic rings. The smallest absolute Gasteiger partial charge is 0.305 e. The van der Waals surface area contributed by atoms with E-state index in [1.54, 1.807) is 0 Å². The summed E-state index contributed by atoms with van der Waals surface area (Å²) in [5.41, 5.74) is 0.931. The van der Waals surface area contributed by atoms with Crippen LogP contribution in [0, 0.1) is 39.9 Å². The monoisotopic (exact) mass is 502 g/mol. The van der Waals surface area contributed by atoms with Crippen molar-refractivity contribution in [3.05, 3.63) is 12.2 Å². The molecule has 4 heteroatoms. The maximum atomic E-state index is 12.4. The van der Waals surface area contributed by atoms with Crippen molar-refractivity contribution in [3.8, 4) is 0 Å². The summed E-state index contributed by atoms with van der Waals surface area (Å²) in [7, 11) is 0. The number of carbonyl (C=O) groups is 1. The molecule has 206 valence electrons. The summed E-state index contributed by atoms with van der Waals surface area (Å²) < 4.78 is 12.1. The van der Waals surface area contributed by atoms with Gasteiger partial charge in [0, 0.05) is 6.42 Å². The van der Waals surface area contributed by atoms with Crippen LogP contribution in [0.4, 0.5) is 0 Å². The first-order valence-corrected chi connectivity index (χ1v) is 14.8. The Morgan fingerprint density at radius 3 is 2.25 bits per heavy atom. The van der Waals surface area contributed by atoms with E-state index in [2.05, 4.69) is 41.2 Å². The van der Waals surface area contributed by atoms with Gasteiger partial charge < -0.3 is 14.6 Å². The first-order chi connectivity index (χ1) is 16.6. The lowest BCUT2D eigenvalue weighted by Crippen LogP contribution is -2.60. The standard InChI is InChI=1S/C32H54O4/c1-10-35-27(33)16-17-29(6)22(21(2)3)13-19-31(8)25(29)12-11-23-24(14-18-30(23,31)7)32(9)20-15-26(36-32)28(4,5)34/h22-26,34H,2,10-20H2,1,3-9H3/t22-,23+,24-,25+,26+,29-,30+,31+,32-/m0/s1. The number of allylic oxidation sites excluding steroid dienone is 1. The predicted octanol–water partition coefficient (Wildman–Crippen LogP) is 7.48. The number of rotatable bonds is 7. The lowest BCUT2D eigenvalue weighted by Gasteiger charge is -2.66. The summed E-state index contributed by atoms with van der Waals surface area (Å²) in [6, 6.07) is 0. The molecule has 0 bridgehead atoms. The van der Waals surface area contributed by atoms with Gasteiger partial charge in [-0.1, -0.05) is 32.9 Å². The highest BCUT2D eigenvalue weighted by Crippen LogP contribution is 2.74. The Labute approximate surface area is 221 Å². The molecule has 0 aromatic heterocycles. The van der Waals surface area contributed by atoms with Crippen LogP contribution in [-0.2, 0) is 14.3 Å². The highest BCUT2D eigenvalue weighted by Gasteiger charge is 2.68. The molecule has 1 aliphatic heterocycles. The average molecular weight is 503 g/mol. The minimum Gasteiger partial charge on any atom is -0.466 e. The predicted molar refractivity (Wildman–Crippen MR) is 145 cm³/mol. The van der Waals surface area contributed by atoms with Crippen LogP contribution in [0.15, 0.2) is 12.2 Å². The molecule has 0 spiro atoms. The van der Waals surface area contributed by atoms with E-state index in [4.69, 9.17) is 9.47 Å². The topological polar surface area (TPSA) is 55.8 Å². The van der Waals surface area contributed by atoms with Crippen LogP contribution < -0.4 is 0 Å². The third kappa shape index (κ3) is 4.31. The molecule has 4 nitrogen and oxygen atoms in total. The molecule has 0 aromatic carbocycles. The maximum Gasteiger partial charge on any atom is 0.305 e. The van der Waals surface area contributed by atoms with Crippen molar-refractivity contribution < 1.29 is 19.4 Å². The van der Waals surface area contributed by atoms with E-state index in [1.165, 1.54) is 44.1 Å². The van der Waals surface area contributed by atoms with Crippen LogP contribution in [-0.4, -0.2) is 35.0 Å². The van der Waals surface area contributed by atoms with Crippen LogP contribution in [0.1, 0.15) is 120 Å². The molecule has 1 heterocycles. The van der Waals surface area contributed by atoms with E-state index in [1.807, 2.05) is 20.8 Å². The van der Waals surface area contributed by atoms with Crippen molar-refractivity contribution in [2.45, 2.75) is 137 Å². The van der Waals surface area contributed by atoms with Gasteiger partial charge in [-0.15, -0.1) is 0 Å². The third-order valence-electron chi connectivity index (χ3n) is 12.3. The highest BCUT2D eigenvalue weighted by atomic mass is 16.5. The van der Waals surface area contributed by atoms with Gasteiger partial charge in [0.2, 0.25) is 0 Å². The number of hydrogen-bond donors (Lipinski definition) is 1. The summed E-state index contributed by atoms with van der Waals surface area (Å²) in [6.07, 6.45) is 10.7.